The van der Waals surface area contributed by atoms with Gasteiger partial charge < -0.3 is 10.1 Å². The highest BCUT2D eigenvalue weighted by Crippen LogP contribution is 2.32. The van der Waals surface area contributed by atoms with Crippen molar-refractivity contribution in [3.05, 3.63) is 66.0 Å². The van der Waals surface area contributed by atoms with Crippen molar-refractivity contribution in [1.29, 1.82) is 0 Å². The zero-order valence-corrected chi connectivity index (χ0v) is 16.8. The number of nitrogens with zero attached hydrogens (tertiary/aromatic N) is 4. The van der Waals surface area contributed by atoms with Crippen LogP contribution in [-0.4, -0.2) is 52.0 Å². The van der Waals surface area contributed by atoms with Gasteiger partial charge in [0.05, 0.1) is 24.9 Å². The maximum Gasteiger partial charge on any atom is 0.246 e. The first-order valence-electron chi connectivity index (χ1n) is 10.4. The van der Waals surface area contributed by atoms with Crippen LogP contribution in [0.1, 0.15) is 29.9 Å². The molecular formula is C23H27N5O. The molecule has 0 radical (unpaired) electrons. The van der Waals surface area contributed by atoms with Crippen molar-refractivity contribution in [2.75, 3.05) is 31.6 Å². The molecule has 150 valence electrons. The summed E-state index contributed by atoms with van der Waals surface area (Å²) in [4.78, 5) is 7.02. The van der Waals surface area contributed by atoms with Gasteiger partial charge in [-0.15, -0.1) is 5.10 Å². The fraction of sp³-hybridized carbons (Fsp3) is 0.391. The molecule has 0 aliphatic carbocycles. The molecule has 0 amide bonds. The number of rotatable bonds is 5. The first-order valence-corrected chi connectivity index (χ1v) is 10.4. The molecule has 29 heavy (non-hydrogen) atoms. The summed E-state index contributed by atoms with van der Waals surface area (Å²) in [6.45, 7) is 6.31. The Labute approximate surface area is 171 Å². The second-order valence-electron chi connectivity index (χ2n) is 8.11. The van der Waals surface area contributed by atoms with Gasteiger partial charge in [-0.2, -0.15) is 4.98 Å². The van der Waals surface area contributed by atoms with Gasteiger partial charge in [0.15, 0.2) is 0 Å². The van der Waals surface area contributed by atoms with Crippen LogP contribution < -0.4 is 5.32 Å². The highest BCUT2D eigenvalue weighted by Gasteiger charge is 2.30. The van der Waals surface area contributed by atoms with Gasteiger partial charge in [0, 0.05) is 5.69 Å². The number of nitrogens with one attached hydrogen (secondary N) is 1. The van der Waals surface area contributed by atoms with E-state index in [1.54, 1.807) is 11.0 Å². The van der Waals surface area contributed by atoms with Gasteiger partial charge >= 0.3 is 0 Å². The summed E-state index contributed by atoms with van der Waals surface area (Å²) in [7, 11) is 0. The normalized spacial score (nSPS) is 18.5. The van der Waals surface area contributed by atoms with Crippen molar-refractivity contribution < 1.29 is 4.74 Å². The maximum absolute atomic E-state index is 5.35. The summed E-state index contributed by atoms with van der Waals surface area (Å²) < 4.78 is 7.14. The number of hydrogen-bond donors (Lipinski definition) is 1. The second kappa shape index (κ2) is 7.97. The first kappa shape index (κ1) is 18.3. The zero-order chi connectivity index (χ0) is 19.6. The number of para-hydroxylation sites is 1. The van der Waals surface area contributed by atoms with Gasteiger partial charge in [0.2, 0.25) is 5.95 Å². The maximum atomic E-state index is 5.35. The van der Waals surface area contributed by atoms with Crippen LogP contribution in [0.2, 0.25) is 0 Å². The molecule has 0 bridgehead atoms. The minimum absolute atomic E-state index is 0.613. The topological polar surface area (TPSA) is 55.2 Å². The summed E-state index contributed by atoms with van der Waals surface area (Å²) in [5.41, 5.74) is 4.74. The minimum atomic E-state index is 0.613. The Hall–Kier alpha value is -2.70. The summed E-state index contributed by atoms with van der Waals surface area (Å²) in [6.07, 6.45) is 4.16. The van der Waals surface area contributed by atoms with Gasteiger partial charge in [-0.05, 0) is 74.2 Å². The molecule has 2 aliphatic heterocycles. The molecule has 2 aromatic carbocycles. The standard InChI is InChI=1S/C23H27N5O/c1-17-11-19(18-7-9-27(10-8-18)22-14-29-15-22)13-20(12-17)25-23-24-16-28(26-23)21-5-3-2-4-6-21/h2-6,11-13,16,18,22H,7-10,14-15H2,1H3,(H,25,26). The molecule has 2 aliphatic rings. The van der Waals surface area contributed by atoms with Gasteiger partial charge in [-0.3, -0.25) is 4.90 Å². The van der Waals surface area contributed by atoms with Crippen LogP contribution in [0.3, 0.4) is 0 Å². The van der Waals surface area contributed by atoms with Crippen LogP contribution in [0.5, 0.6) is 0 Å². The lowest BCUT2D eigenvalue weighted by Gasteiger charge is -2.41. The van der Waals surface area contributed by atoms with E-state index in [1.165, 1.54) is 37.1 Å². The Morgan fingerprint density at radius 2 is 1.83 bits per heavy atom. The number of ether oxygens (including phenoxy) is 1. The number of hydrogen-bond acceptors (Lipinski definition) is 5. The van der Waals surface area contributed by atoms with E-state index in [9.17, 15) is 0 Å². The van der Waals surface area contributed by atoms with Crippen molar-refractivity contribution in [3.63, 3.8) is 0 Å². The van der Waals surface area contributed by atoms with E-state index in [4.69, 9.17) is 4.74 Å². The molecular weight excluding hydrogens is 362 g/mol. The molecule has 0 saturated carbocycles. The molecule has 2 saturated heterocycles. The molecule has 3 aromatic rings. The molecule has 0 spiro atoms. The van der Waals surface area contributed by atoms with E-state index in [-0.39, 0.29) is 0 Å². The number of benzene rings is 2. The lowest BCUT2D eigenvalue weighted by atomic mass is 9.87. The van der Waals surface area contributed by atoms with Crippen molar-refractivity contribution >= 4 is 11.6 Å². The Balaban J connectivity index is 1.28. The predicted molar refractivity (Wildman–Crippen MR) is 114 cm³/mol. The third-order valence-electron chi connectivity index (χ3n) is 6.01. The largest absolute Gasteiger partial charge is 0.378 e. The van der Waals surface area contributed by atoms with Gasteiger partial charge in [-0.1, -0.05) is 24.3 Å². The lowest BCUT2D eigenvalue weighted by Crippen LogP contribution is -2.51. The van der Waals surface area contributed by atoms with Crippen LogP contribution in [0.25, 0.3) is 5.69 Å². The summed E-state index contributed by atoms with van der Waals surface area (Å²) in [5, 5.41) is 7.96. The van der Waals surface area contributed by atoms with E-state index >= 15 is 0 Å². The van der Waals surface area contributed by atoms with Gasteiger partial charge in [0.25, 0.3) is 0 Å². The van der Waals surface area contributed by atoms with E-state index in [1.807, 2.05) is 30.3 Å². The molecule has 1 aromatic heterocycles. The van der Waals surface area contributed by atoms with Crippen molar-refractivity contribution in [2.45, 2.75) is 31.7 Å². The molecule has 6 nitrogen and oxygen atoms in total. The minimum Gasteiger partial charge on any atom is -0.378 e. The Morgan fingerprint density at radius 3 is 2.55 bits per heavy atom. The van der Waals surface area contributed by atoms with E-state index in [2.05, 4.69) is 45.4 Å². The fourth-order valence-electron chi connectivity index (χ4n) is 4.31. The highest BCUT2D eigenvalue weighted by atomic mass is 16.5. The summed E-state index contributed by atoms with van der Waals surface area (Å²) >= 11 is 0. The third-order valence-corrected chi connectivity index (χ3v) is 6.01. The Bertz CT molecular complexity index is 958. The highest BCUT2D eigenvalue weighted by molar-refractivity contribution is 5.56. The van der Waals surface area contributed by atoms with Gasteiger partial charge in [0.1, 0.15) is 6.33 Å². The van der Waals surface area contributed by atoms with E-state index in [0.29, 0.717) is 17.9 Å². The molecule has 0 atom stereocenters. The Morgan fingerprint density at radius 1 is 1.03 bits per heavy atom. The molecule has 5 rings (SSSR count). The quantitative estimate of drug-likeness (QED) is 0.717. The van der Waals surface area contributed by atoms with Crippen LogP contribution >= 0.6 is 0 Å². The van der Waals surface area contributed by atoms with E-state index < -0.39 is 0 Å². The number of anilines is 2. The number of aromatic nitrogens is 3. The molecule has 3 heterocycles. The SMILES string of the molecule is Cc1cc(Nc2ncn(-c3ccccc3)n2)cc(C2CCN(C3COC3)CC2)c1. The number of piperidine rings is 1. The summed E-state index contributed by atoms with van der Waals surface area (Å²) in [6, 6.07) is 17.4. The molecule has 1 N–H and O–H groups in total. The molecule has 0 unspecified atom stereocenters. The number of likely N-dealkylation sites (tertiary alicyclic amines) is 1. The van der Waals surface area contributed by atoms with Crippen molar-refractivity contribution in [2.24, 2.45) is 0 Å². The summed E-state index contributed by atoms with van der Waals surface area (Å²) in [5.74, 6) is 1.23. The monoisotopic (exact) mass is 389 g/mol. The predicted octanol–water partition coefficient (Wildman–Crippen LogP) is 3.90. The number of aryl methyl sites for hydroxylation is 1. The zero-order valence-electron chi connectivity index (χ0n) is 16.8. The average Bonchev–Trinajstić information content (AvgIpc) is 3.16. The van der Waals surface area contributed by atoms with Crippen LogP contribution in [0.4, 0.5) is 11.6 Å². The lowest BCUT2D eigenvalue weighted by molar-refractivity contribution is -0.0712. The Kier molecular flexibility index (Phi) is 5.04. The molecule has 2 fully saturated rings. The third kappa shape index (κ3) is 4.04. The van der Waals surface area contributed by atoms with E-state index in [0.717, 1.165) is 24.6 Å². The first-order chi connectivity index (χ1) is 14.2. The van der Waals surface area contributed by atoms with Crippen molar-refractivity contribution in [1.82, 2.24) is 19.7 Å². The van der Waals surface area contributed by atoms with Crippen LogP contribution in [0, 0.1) is 6.92 Å². The smallest absolute Gasteiger partial charge is 0.246 e. The average molecular weight is 390 g/mol. The second-order valence-corrected chi connectivity index (χ2v) is 8.11. The van der Waals surface area contributed by atoms with Crippen LogP contribution in [0.15, 0.2) is 54.9 Å². The van der Waals surface area contributed by atoms with Gasteiger partial charge in [-0.25, -0.2) is 4.68 Å². The fourth-order valence-corrected chi connectivity index (χ4v) is 4.31. The van der Waals surface area contributed by atoms with Crippen LogP contribution in [-0.2, 0) is 4.74 Å². The molecule has 6 heteroatoms. The van der Waals surface area contributed by atoms with Crippen molar-refractivity contribution in [3.8, 4) is 5.69 Å².